The van der Waals surface area contributed by atoms with Crippen LogP contribution in [0, 0.1) is 11.3 Å². The van der Waals surface area contributed by atoms with Crippen LogP contribution in [0.5, 0.6) is 0 Å². The van der Waals surface area contributed by atoms with E-state index in [0.717, 1.165) is 5.56 Å². The molecule has 0 aliphatic heterocycles. The number of nitrogens with zero attached hydrogens (tertiary/aromatic N) is 2. The molecule has 0 spiro atoms. The fourth-order valence-electron chi connectivity index (χ4n) is 1.96. The van der Waals surface area contributed by atoms with Gasteiger partial charge in [0.2, 0.25) is 0 Å². The number of carbonyl (C=O) groups is 1. The number of rotatable bonds is 5. The van der Waals surface area contributed by atoms with E-state index in [1.807, 2.05) is 24.3 Å². The van der Waals surface area contributed by atoms with E-state index in [1.54, 1.807) is 30.3 Å². The van der Waals surface area contributed by atoms with Gasteiger partial charge in [-0.25, -0.2) is 4.98 Å². The average molecular weight is 372 g/mol. The zero-order chi connectivity index (χ0) is 16.7. The first-order chi connectivity index (χ1) is 11.1. The lowest BCUT2D eigenvalue weighted by Crippen LogP contribution is -2.31. The molecule has 0 radical (unpaired) electrons. The number of aromatic nitrogens is 1. The molecule has 0 unspecified atom stereocenters. The minimum Gasteiger partial charge on any atom is -0.394 e. The zero-order valence-corrected chi connectivity index (χ0v) is 13.7. The number of carbonyl (C=O) groups excluding carboxylic acids is 1. The summed E-state index contributed by atoms with van der Waals surface area (Å²) in [5.74, 6) is -0.558. The molecular formula is C17H14BrN3O2. The van der Waals surface area contributed by atoms with Crippen LogP contribution in [-0.4, -0.2) is 22.6 Å². The third-order valence-corrected chi connectivity index (χ3v) is 3.53. The summed E-state index contributed by atoms with van der Waals surface area (Å²) in [6.45, 7) is -0.260. The summed E-state index contributed by atoms with van der Waals surface area (Å²) in [6.07, 6.45) is 1.40. The van der Waals surface area contributed by atoms with Gasteiger partial charge in [-0.05, 0) is 39.7 Å². The molecule has 6 heteroatoms. The highest BCUT2D eigenvalue weighted by Crippen LogP contribution is 2.14. The molecule has 1 heterocycles. The highest BCUT2D eigenvalue weighted by molar-refractivity contribution is 9.10. The molecule has 2 N–H and O–H groups in total. The van der Waals surface area contributed by atoms with Crippen molar-refractivity contribution in [3.05, 3.63) is 70.0 Å². The summed E-state index contributed by atoms with van der Waals surface area (Å²) in [5.41, 5.74) is 1.18. The van der Waals surface area contributed by atoms with Crippen LogP contribution in [0.15, 0.2) is 58.7 Å². The topological polar surface area (TPSA) is 86.0 Å². The van der Waals surface area contributed by atoms with Gasteiger partial charge in [0, 0.05) is 0 Å². The average Bonchev–Trinajstić information content (AvgIpc) is 2.58. The third kappa shape index (κ3) is 4.74. The summed E-state index contributed by atoms with van der Waals surface area (Å²) >= 11 is 3.24. The second-order valence-corrected chi connectivity index (χ2v) is 5.49. The Hall–Kier alpha value is -2.49. The van der Waals surface area contributed by atoms with Crippen molar-refractivity contribution in [2.75, 3.05) is 6.61 Å². The molecule has 1 aromatic heterocycles. The predicted molar refractivity (Wildman–Crippen MR) is 89.9 cm³/mol. The molecule has 1 amide bonds. The van der Waals surface area contributed by atoms with Crippen LogP contribution in [0.1, 0.15) is 17.3 Å². The van der Waals surface area contributed by atoms with Gasteiger partial charge in [-0.2, -0.15) is 5.26 Å². The second kappa shape index (κ2) is 8.22. The predicted octanol–water partition coefficient (Wildman–Crippen LogP) is 2.60. The lowest BCUT2D eigenvalue weighted by atomic mass is 10.1. The molecular weight excluding hydrogens is 358 g/mol. The Kier molecular flexibility index (Phi) is 6.03. The molecule has 0 saturated heterocycles. The number of nitriles is 1. The maximum Gasteiger partial charge on any atom is 0.262 e. The van der Waals surface area contributed by atoms with Crippen LogP contribution >= 0.6 is 15.9 Å². The third-order valence-electron chi connectivity index (χ3n) is 3.08. The van der Waals surface area contributed by atoms with E-state index in [4.69, 9.17) is 0 Å². The Morgan fingerprint density at radius 2 is 2.04 bits per heavy atom. The summed E-state index contributed by atoms with van der Waals surface area (Å²) < 4.78 is 0.612. The van der Waals surface area contributed by atoms with Gasteiger partial charge >= 0.3 is 0 Å². The van der Waals surface area contributed by atoms with Crippen LogP contribution in [-0.2, 0) is 4.79 Å². The maximum absolute atomic E-state index is 12.3. The van der Waals surface area contributed by atoms with Crippen LogP contribution in [0.4, 0.5) is 0 Å². The minimum atomic E-state index is -0.573. The van der Waals surface area contributed by atoms with E-state index >= 15 is 0 Å². The number of pyridine rings is 1. The van der Waals surface area contributed by atoms with Crippen molar-refractivity contribution in [3.8, 4) is 6.07 Å². The quantitative estimate of drug-likeness (QED) is 0.480. The van der Waals surface area contributed by atoms with Crippen LogP contribution in [0.3, 0.4) is 0 Å². The first kappa shape index (κ1) is 16.9. The monoisotopic (exact) mass is 371 g/mol. The van der Waals surface area contributed by atoms with Gasteiger partial charge in [-0.1, -0.05) is 36.4 Å². The second-order valence-electron chi connectivity index (χ2n) is 4.67. The van der Waals surface area contributed by atoms with Crippen molar-refractivity contribution in [3.63, 3.8) is 0 Å². The Balaban J connectivity index is 2.18. The molecule has 0 fully saturated rings. The number of amides is 1. The standard InChI is InChI=1S/C17H14BrN3O2/c18-16-8-4-7-14(20-16)9-13(10-19)17(23)21-15(11-22)12-5-2-1-3-6-12/h1-9,15,22H,11H2,(H,21,23)/t15-/m0/s1. The van der Waals surface area contributed by atoms with Crippen molar-refractivity contribution < 1.29 is 9.90 Å². The zero-order valence-electron chi connectivity index (χ0n) is 12.1. The number of hydrogen-bond acceptors (Lipinski definition) is 4. The van der Waals surface area contributed by atoms with Gasteiger partial charge in [-0.15, -0.1) is 0 Å². The maximum atomic E-state index is 12.3. The molecule has 0 bridgehead atoms. The Morgan fingerprint density at radius 1 is 1.30 bits per heavy atom. The summed E-state index contributed by atoms with van der Waals surface area (Å²) in [4.78, 5) is 16.4. The fourth-order valence-corrected chi connectivity index (χ4v) is 2.31. The van der Waals surface area contributed by atoms with E-state index in [0.29, 0.717) is 10.3 Å². The van der Waals surface area contributed by atoms with Crippen LogP contribution in [0.2, 0.25) is 0 Å². The largest absolute Gasteiger partial charge is 0.394 e. The van der Waals surface area contributed by atoms with E-state index in [9.17, 15) is 15.2 Å². The molecule has 2 aromatic rings. The molecule has 1 atom stereocenters. The van der Waals surface area contributed by atoms with Gasteiger partial charge in [0.1, 0.15) is 16.2 Å². The SMILES string of the molecule is N#CC(=Cc1cccc(Br)n1)C(=O)N[C@@H](CO)c1ccccc1. The number of halogens is 1. The molecule has 0 saturated carbocycles. The van der Waals surface area contributed by atoms with Gasteiger partial charge < -0.3 is 10.4 Å². The van der Waals surface area contributed by atoms with Crippen molar-refractivity contribution >= 4 is 27.9 Å². The number of nitrogens with one attached hydrogen (secondary N) is 1. The number of benzene rings is 1. The summed E-state index contributed by atoms with van der Waals surface area (Å²) in [5, 5.41) is 21.3. The Bertz CT molecular complexity index is 754. The van der Waals surface area contributed by atoms with Gasteiger partial charge in [0.25, 0.3) is 5.91 Å². The van der Waals surface area contributed by atoms with E-state index < -0.39 is 11.9 Å². The van der Waals surface area contributed by atoms with Gasteiger partial charge in [0.05, 0.1) is 18.3 Å². The first-order valence-electron chi connectivity index (χ1n) is 6.85. The highest BCUT2D eigenvalue weighted by Gasteiger charge is 2.16. The minimum absolute atomic E-state index is 0.0787. The van der Waals surface area contributed by atoms with Crippen molar-refractivity contribution in [2.24, 2.45) is 0 Å². The number of hydrogen-bond donors (Lipinski definition) is 2. The summed E-state index contributed by atoms with van der Waals surface area (Å²) in [6, 6.07) is 15.6. The molecule has 1 aromatic carbocycles. The van der Waals surface area contributed by atoms with E-state index in [2.05, 4.69) is 26.2 Å². The number of aliphatic hydroxyl groups excluding tert-OH is 1. The Morgan fingerprint density at radius 3 is 2.65 bits per heavy atom. The van der Waals surface area contributed by atoms with Gasteiger partial charge in [-0.3, -0.25) is 4.79 Å². The normalized spacial score (nSPS) is 12.3. The van der Waals surface area contributed by atoms with E-state index in [1.165, 1.54) is 6.08 Å². The highest BCUT2D eigenvalue weighted by atomic mass is 79.9. The van der Waals surface area contributed by atoms with Crippen molar-refractivity contribution in [1.82, 2.24) is 10.3 Å². The van der Waals surface area contributed by atoms with E-state index in [-0.39, 0.29) is 12.2 Å². The smallest absolute Gasteiger partial charge is 0.262 e. The molecule has 2 rings (SSSR count). The first-order valence-corrected chi connectivity index (χ1v) is 7.64. The Labute approximate surface area is 142 Å². The van der Waals surface area contributed by atoms with Crippen molar-refractivity contribution in [1.29, 1.82) is 5.26 Å². The number of aliphatic hydroxyl groups is 1. The molecule has 0 aliphatic carbocycles. The lowest BCUT2D eigenvalue weighted by molar-refractivity contribution is -0.118. The summed E-state index contributed by atoms with van der Waals surface area (Å²) in [7, 11) is 0. The van der Waals surface area contributed by atoms with Crippen LogP contribution in [0.25, 0.3) is 6.08 Å². The lowest BCUT2D eigenvalue weighted by Gasteiger charge is -2.16. The molecule has 5 nitrogen and oxygen atoms in total. The fraction of sp³-hybridized carbons (Fsp3) is 0.118. The van der Waals surface area contributed by atoms with Crippen molar-refractivity contribution in [2.45, 2.75) is 6.04 Å². The molecule has 0 aliphatic rings. The van der Waals surface area contributed by atoms with Crippen LogP contribution < -0.4 is 5.32 Å². The van der Waals surface area contributed by atoms with Gasteiger partial charge in [0.15, 0.2) is 0 Å². The molecule has 23 heavy (non-hydrogen) atoms. The molecule has 116 valence electrons.